The van der Waals surface area contributed by atoms with E-state index >= 15 is 0 Å². The van der Waals surface area contributed by atoms with Gasteiger partial charge in [-0.2, -0.15) is 0 Å². The lowest BCUT2D eigenvalue weighted by molar-refractivity contribution is -0.156. The lowest BCUT2D eigenvalue weighted by Gasteiger charge is -2.34. The van der Waals surface area contributed by atoms with Gasteiger partial charge in [-0.15, -0.1) is 0 Å². The number of carboxylic acids is 1. The van der Waals surface area contributed by atoms with E-state index in [1.807, 2.05) is 50.2 Å². The molecule has 0 spiro atoms. The highest BCUT2D eigenvalue weighted by atomic mass is 16.5. The quantitative estimate of drug-likeness (QED) is 0.633. The smallest absolute Gasteiger partial charge is 0.407 e. The first kappa shape index (κ1) is 23.8. The molecule has 2 N–H and O–H groups in total. The van der Waals surface area contributed by atoms with Crippen LogP contribution in [0.15, 0.2) is 48.5 Å². The molecule has 2 amide bonds. The predicted octanol–water partition coefficient (Wildman–Crippen LogP) is 4.41. The van der Waals surface area contributed by atoms with Crippen molar-refractivity contribution in [2.45, 2.75) is 57.5 Å². The van der Waals surface area contributed by atoms with E-state index in [1.54, 1.807) is 6.92 Å². The van der Waals surface area contributed by atoms with Gasteiger partial charge in [-0.05, 0) is 54.4 Å². The van der Waals surface area contributed by atoms with Gasteiger partial charge in [0, 0.05) is 12.5 Å². The fraction of sp³-hybridized carbons (Fsp3) is 0.444. The first-order chi connectivity index (χ1) is 16.2. The van der Waals surface area contributed by atoms with Crippen LogP contribution in [0.2, 0.25) is 0 Å². The molecular weight excluding hydrogens is 432 g/mol. The summed E-state index contributed by atoms with van der Waals surface area (Å²) in [5.74, 6) is -1.35. The van der Waals surface area contributed by atoms with Crippen molar-refractivity contribution in [3.63, 3.8) is 0 Å². The van der Waals surface area contributed by atoms with Crippen LogP contribution in [0.4, 0.5) is 4.79 Å². The average molecular weight is 465 g/mol. The van der Waals surface area contributed by atoms with Crippen molar-refractivity contribution in [3.05, 3.63) is 59.7 Å². The zero-order valence-corrected chi connectivity index (χ0v) is 19.9. The summed E-state index contributed by atoms with van der Waals surface area (Å²) in [6, 6.07) is 15.3. The monoisotopic (exact) mass is 464 g/mol. The van der Waals surface area contributed by atoms with Gasteiger partial charge in [0.05, 0.1) is 0 Å². The maximum absolute atomic E-state index is 13.3. The highest BCUT2D eigenvalue weighted by Gasteiger charge is 2.47. The third-order valence-electron chi connectivity index (χ3n) is 7.01. The van der Waals surface area contributed by atoms with Crippen LogP contribution in [-0.4, -0.2) is 52.7 Å². The number of carbonyl (C=O) groups excluding carboxylic acids is 2. The number of carbonyl (C=O) groups is 3. The van der Waals surface area contributed by atoms with Gasteiger partial charge in [0.15, 0.2) is 0 Å². The molecule has 2 aromatic carbocycles. The summed E-state index contributed by atoms with van der Waals surface area (Å²) in [6.07, 6.45) is 0.744. The van der Waals surface area contributed by atoms with E-state index in [-0.39, 0.29) is 24.3 Å². The Hall–Kier alpha value is -3.35. The zero-order valence-electron chi connectivity index (χ0n) is 19.9. The molecule has 4 rings (SSSR count). The van der Waals surface area contributed by atoms with Gasteiger partial charge in [-0.25, -0.2) is 9.59 Å². The minimum Gasteiger partial charge on any atom is -0.480 e. The second kappa shape index (κ2) is 9.49. The van der Waals surface area contributed by atoms with Crippen molar-refractivity contribution in [2.24, 2.45) is 5.92 Å². The van der Waals surface area contributed by atoms with Gasteiger partial charge in [-0.3, -0.25) is 4.79 Å². The maximum Gasteiger partial charge on any atom is 0.407 e. The molecule has 1 heterocycles. The van der Waals surface area contributed by atoms with Gasteiger partial charge < -0.3 is 20.1 Å². The molecule has 7 nitrogen and oxygen atoms in total. The van der Waals surface area contributed by atoms with Crippen molar-refractivity contribution in [3.8, 4) is 11.1 Å². The highest BCUT2D eigenvalue weighted by molar-refractivity contribution is 5.91. The van der Waals surface area contributed by atoms with Gasteiger partial charge in [0.25, 0.3) is 0 Å². The van der Waals surface area contributed by atoms with Gasteiger partial charge >= 0.3 is 12.1 Å². The van der Waals surface area contributed by atoms with Gasteiger partial charge in [0.2, 0.25) is 5.91 Å². The number of nitrogens with zero attached hydrogens (tertiary/aromatic N) is 1. The van der Waals surface area contributed by atoms with Crippen LogP contribution in [0, 0.1) is 5.92 Å². The molecule has 34 heavy (non-hydrogen) atoms. The number of nitrogens with one attached hydrogen (secondary N) is 1. The van der Waals surface area contributed by atoms with Crippen molar-refractivity contribution in [2.75, 3.05) is 13.2 Å². The van der Waals surface area contributed by atoms with Crippen LogP contribution in [0.25, 0.3) is 11.1 Å². The van der Waals surface area contributed by atoms with Crippen LogP contribution in [0.1, 0.15) is 57.1 Å². The Balaban J connectivity index is 1.46. The Morgan fingerprint density at radius 3 is 2.24 bits per heavy atom. The number of hydrogen-bond donors (Lipinski definition) is 2. The molecule has 0 saturated carbocycles. The third-order valence-corrected chi connectivity index (χ3v) is 7.01. The summed E-state index contributed by atoms with van der Waals surface area (Å²) >= 11 is 0. The number of likely N-dealkylation sites (tertiary alicyclic amines) is 1. The second-order valence-corrected chi connectivity index (χ2v) is 9.82. The van der Waals surface area contributed by atoms with E-state index in [9.17, 15) is 19.5 Å². The summed E-state index contributed by atoms with van der Waals surface area (Å²) in [5, 5.41) is 12.4. The lowest BCUT2D eigenvalue weighted by atomic mass is 9.97. The summed E-state index contributed by atoms with van der Waals surface area (Å²) in [5.41, 5.74) is 3.25. The molecule has 1 fully saturated rings. The molecule has 1 saturated heterocycles. The summed E-state index contributed by atoms with van der Waals surface area (Å²) in [4.78, 5) is 39.4. The number of hydrogen-bond acceptors (Lipinski definition) is 4. The minimum absolute atomic E-state index is 0.0775. The molecule has 0 unspecified atom stereocenters. The molecule has 0 aromatic heterocycles. The number of ether oxygens (including phenoxy) is 1. The SMILES string of the molecule is CC(C)C[C@H](NC(=O)OCC1c2ccccc2-c2ccccc21)C(=O)N1CCC[C@@]1(C)C(=O)O. The fourth-order valence-corrected chi connectivity index (χ4v) is 5.20. The maximum atomic E-state index is 13.3. The van der Waals surface area contributed by atoms with Crippen LogP contribution in [0.5, 0.6) is 0 Å². The summed E-state index contributed by atoms with van der Waals surface area (Å²) < 4.78 is 5.63. The van der Waals surface area contributed by atoms with Crippen LogP contribution in [-0.2, 0) is 14.3 Å². The molecule has 0 bridgehead atoms. The number of alkyl carbamates (subject to hydrolysis) is 1. The average Bonchev–Trinajstić information content (AvgIpc) is 3.35. The van der Waals surface area contributed by atoms with Crippen LogP contribution < -0.4 is 5.32 Å². The Morgan fingerprint density at radius 1 is 1.09 bits per heavy atom. The molecule has 180 valence electrons. The van der Waals surface area contributed by atoms with E-state index in [0.717, 1.165) is 22.3 Å². The highest BCUT2D eigenvalue weighted by Crippen LogP contribution is 2.44. The standard InChI is InChI=1S/C27H32N2O5/c1-17(2)15-23(24(30)29-14-8-13-27(29,3)25(31)32)28-26(33)34-16-22-20-11-6-4-9-18(20)19-10-5-7-12-21(19)22/h4-7,9-12,17,22-23H,8,13-16H2,1-3H3,(H,28,33)(H,31,32)/t23-,27-/m0/s1. The second-order valence-electron chi connectivity index (χ2n) is 9.82. The number of amides is 2. The fourth-order valence-electron chi connectivity index (χ4n) is 5.20. The molecule has 1 aliphatic carbocycles. The molecule has 2 aliphatic rings. The Kier molecular flexibility index (Phi) is 6.64. The first-order valence-corrected chi connectivity index (χ1v) is 11.9. The van der Waals surface area contributed by atoms with E-state index in [2.05, 4.69) is 17.4 Å². The Morgan fingerprint density at radius 2 is 1.68 bits per heavy atom. The number of benzene rings is 2. The number of carboxylic acid groups (broad SMARTS) is 1. The molecule has 0 radical (unpaired) electrons. The number of rotatable bonds is 7. The lowest BCUT2D eigenvalue weighted by Crippen LogP contribution is -2.57. The summed E-state index contributed by atoms with van der Waals surface area (Å²) in [6.45, 7) is 6.00. The van der Waals surface area contributed by atoms with Gasteiger partial charge in [-0.1, -0.05) is 62.4 Å². The molecule has 2 aromatic rings. The molecular formula is C27H32N2O5. The van der Waals surface area contributed by atoms with E-state index in [4.69, 9.17) is 4.74 Å². The third kappa shape index (κ3) is 4.39. The van der Waals surface area contributed by atoms with Crippen molar-refractivity contribution in [1.29, 1.82) is 0 Å². The molecule has 1 aliphatic heterocycles. The molecule has 2 atom stereocenters. The normalized spacial score (nSPS) is 20.1. The number of aliphatic carboxylic acids is 1. The van der Waals surface area contributed by atoms with Crippen LogP contribution >= 0.6 is 0 Å². The van der Waals surface area contributed by atoms with Crippen molar-refractivity contribution >= 4 is 18.0 Å². The number of fused-ring (bicyclic) bond motifs is 3. The first-order valence-electron chi connectivity index (χ1n) is 11.9. The minimum atomic E-state index is -1.25. The van der Waals surface area contributed by atoms with Gasteiger partial charge in [0.1, 0.15) is 18.2 Å². The summed E-state index contributed by atoms with van der Waals surface area (Å²) in [7, 11) is 0. The van der Waals surface area contributed by atoms with E-state index < -0.39 is 23.6 Å². The van der Waals surface area contributed by atoms with Crippen molar-refractivity contribution < 1.29 is 24.2 Å². The largest absolute Gasteiger partial charge is 0.480 e. The zero-order chi connectivity index (χ0) is 24.5. The molecule has 7 heteroatoms. The Labute approximate surface area is 200 Å². The predicted molar refractivity (Wildman–Crippen MR) is 128 cm³/mol. The van der Waals surface area contributed by atoms with E-state index in [0.29, 0.717) is 25.8 Å². The van der Waals surface area contributed by atoms with E-state index in [1.165, 1.54) is 4.90 Å². The van der Waals surface area contributed by atoms with Crippen LogP contribution in [0.3, 0.4) is 0 Å². The van der Waals surface area contributed by atoms with Crippen molar-refractivity contribution in [1.82, 2.24) is 10.2 Å². The Bertz CT molecular complexity index is 1050. The topological polar surface area (TPSA) is 95.9 Å².